The molecule has 7 N–H and O–H groups in total. The van der Waals surface area contributed by atoms with E-state index in [4.69, 9.17) is 11.6 Å². The molecule has 0 aliphatic rings. The Hall–Kier alpha value is -2.09. The van der Waals surface area contributed by atoms with Crippen molar-refractivity contribution in [1.82, 2.24) is 15.3 Å². The van der Waals surface area contributed by atoms with Crippen LogP contribution in [0, 0.1) is 0 Å². The van der Waals surface area contributed by atoms with Gasteiger partial charge in [0.05, 0.1) is 0 Å². The Kier molecular flexibility index (Phi) is 5.65. The van der Waals surface area contributed by atoms with Gasteiger partial charge in [0.15, 0.2) is 0 Å². The largest absolute Gasteiger partial charge is 0.368 e. The van der Waals surface area contributed by atoms with Crippen molar-refractivity contribution in [2.24, 2.45) is 11.6 Å². The number of carbonyl (C=O) groups excluding carboxylic acids is 1. The number of hydrogen-bond acceptors (Lipinski definition) is 6. The first kappa shape index (κ1) is 14.0. The van der Waals surface area contributed by atoms with Gasteiger partial charge >= 0.3 is 6.03 Å². The number of aryl methyl sites for hydroxylation is 1. The highest BCUT2D eigenvalue weighted by Gasteiger charge is 2.03. The number of hydrazine groups is 1. The first-order chi connectivity index (χ1) is 8.65. The van der Waals surface area contributed by atoms with E-state index in [0.717, 1.165) is 18.7 Å². The standard InChI is InChI=1S/C10H19N7O/c1-2-3-7-15-8(6-9(16-7)17-12)13-4-5-14-10(11)18/h6H,2-5,12H2,1H3,(H3,11,14,18)(H2,13,15,16,17). The summed E-state index contributed by atoms with van der Waals surface area (Å²) in [7, 11) is 0. The SMILES string of the molecule is CCCc1nc(NN)cc(NCCNC(N)=O)n1. The summed E-state index contributed by atoms with van der Waals surface area (Å²) in [6, 6.07) is 1.15. The summed E-state index contributed by atoms with van der Waals surface area (Å²) in [4.78, 5) is 19.0. The number of nitrogens with one attached hydrogen (secondary N) is 3. The van der Waals surface area contributed by atoms with Crippen LogP contribution < -0.4 is 27.6 Å². The molecule has 0 atom stereocenters. The van der Waals surface area contributed by atoms with Crippen LogP contribution in [0.1, 0.15) is 19.2 Å². The summed E-state index contributed by atoms with van der Waals surface area (Å²) in [5, 5.41) is 5.53. The lowest BCUT2D eigenvalue weighted by atomic mass is 10.3. The molecule has 0 unspecified atom stereocenters. The van der Waals surface area contributed by atoms with E-state index < -0.39 is 6.03 Å². The van der Waals surface area contributed by atoms with Gasteiger partial charge in [-0.3, -0.25) is 0 Å². The van der Waals surface area contributed by atoms with Crippen LogP contribution in [0.4, 0.5) is 16.4 Å². The Morgan fingerprint density at radius 2 is 2.06 bits per heavy atom. The fourth-order valence-corrected chi connectivity index (χ4v) is 1.37. The molecule has 0 fully saturated rings. The van der Waals surface area contributed by atoms with Crippen molar-refractivity contribution in [3.8, 4) is 0 Å². The van der Waals surface area contributed by atoms with Crippen LogP contribution >= 0.6 is 0 Å². The van der Waals surface area contributed by atoms with Crippen LogP contribution in [0.15, 0.2) is 6.07 Å². The molecule has 0 aromatic carbocycles. The van der Waals surface area contributed by atoms with Gasteiger partial charge in [0.2, 0.25) is 0 Å². The Morgan fingerprint density at radius 3 is 2.67 bits per heavy atom. The third-order valence-electron chi connectivity index (χ3n) is 2.12. The topological polar surface area (TPSA) is 131 Å². The second kappa shape index (κ2) is 7.28. The molecule has 1 heterocycles. The molecule has 0 aliphatic heterocycles. The van der Waals surface area contributed by atoms with Crippen LogP contribution in [0.25, 0.3) is 0 Å². The van der Waals surface area contributed by atoms with Crippen molar-refractivity contribution in [2.45, 2.75) is 19.8 Å². The van der Waals surface area contributed by atoms with Crippen LogP contribution in [0.3, 0.4) is 0 Å². The van der Waals surface area contributed by atoms with E-state index in [9.17, 15) is 4.79 Å². The third kappa shape index (κ3) is 4.83. The lowest BCUT2D eigenvalue weighted by Gasteiger charge is -2.09. The fourth-order valence-electron chi connectivity index (χ4n) is 1.37. The van der Waals surface area contributed by atoms with Gasteiger partial charge in [-0.2, -0.15) is 0 Å². The van der Waals surface area contributed by atoms with Crippen LogP contribution in [-0.4, -0.2) is 29.1 Å². The first-order valence-electron chi connectivity index (χ1n) is 5.77. The van der Waals surface area contributed by atoms with Gasteiger partial charge in [0.1, 0.15) is 17.5 Å². The first-order valence-corrected chi connectivity index (χ1v) is 5.77. The van der Waals surface area contributed by atoms with Crippen LogP contribution in [0.5, 0.6) is 0 Å². The molecule has 0 saturated carbocycles. The maximum Gasteiger partial charge on any atom is 0.312 e. The molecule has 0 saturated heterocycles. The summed E-state index contributed by atoms with van der Waals surface area (Å²) in [5.74, 6) is 7.27. The number of carbonyl (C=O) groups is 1. The maximum atomic E-state index is 10.5. The van der Waals surface area contributed by atoms with E-state index in [-0.39, 0.29) is 0 Å². The molecule has 0 spiro atoms. The smallest absolute Gasteiger partial charge is 0.312 e. The van der Waals surface area contributed by atoms with Crippen molar-refractivity contribution in [3.05, 3.63) is 11.9 Å². The molecule has 0 aliphatic carbocycles. The minimum atomic E-state index is -0.546. The van der Waals surface area contributed by atoms with E-state index in [1.807, 2.05) is 0 Å². The average molecular weight is 253 g/mol. The average Bonchev–Trinajstić information content (AvgIpc) is 2.34. The number of hydrogen-bond donors (Lipinski definition) is 5. The van der Waals surface area contributed by atoms with Gasteiger partial charge in [-0.15, -0.1) is 0 Å². The quantitative estimate of drug-likeness (QED) is 0.260. The van der Waals surface area contributed by atoms with Crippen molar-refractivity contribution in [2.75, 3.05) is 23.8 Å². The maximum absolute atomic E-state index is 10.5. The highest BCUT2D eigenvalue weighted by atomic mass is 16.2. The van der Waals surface area contributed by atoms with E-state index in [1.165, 1.54) is 0 Å². The molecular weight excluding hydrogens is 234 g/mol. The number of amides is 2. The monoisotopic (exact) mass is 253 g/mol. The Morgan fingerprint density at radius 1 is 1.33 bits per heavy atom. The molecular formula is C10H19N7O. The normalized spacial score (nSPS) is 9.89. The van der Waals surface area contributed by atoms with E-state index in [2.05, 4.69) is 33.0 Å². The number of anilines is 2. The molecule has 1 aromatic heterocycles. The van der Waals surface area contributed by atoms with Crippen molar-refractivity contribution >= 4 is 17.7 Å². The van der Waals surface area contributed by atoms with Gasteiger partial charge < -0.3 is 21.8 Å². The molecule has 8 heteroatoms. The number of primary amides is 1. The summed E-state index contributed by atoms with van der Waals surface area (Å²) in [6.07, 6.45) is 1.74. The summed E-state index contributed by atoms with van der Waals surface area (Å²) < 4.78 is 0. The zero-order valence-corrected chi connectivity index (χ0v) is 10.4. The van der Waals surface area contributed by atoms with Crippen LogP contribution in [-0.2, 0) is 6.42 Å². The predicted octanol–water partition coefficient (Wildman–Crippen LogP) is -0.205. The summed E-state index contributed by atoms with van der Waals surface area (Å²) in [5.41, 5.74) is 7.45. The lowest BCUT2D eigenvalue weighted by molar-refractivity contribution is 0.249. The molecule has 2 amide bonds. The van der Waals surface area contributed by atoms with Crippen molar-refractivity contribution in [3.63, 3.8) is 0 Å². The van der Waals surface area contributed by atoms with E-state index in [0.29, 0.717) is 24.7 Å². The lowest BCUT2D eigenvalue weighted by Crippen LogP contribution is -2.33. The number of nitrogens with zero attached hydrogens (tertiary/aromatic N) is 2. The summed E-state index contributed by atoms with van der Waals surface area (Å²) >= 11 is 0. The molecule has 18 heavy (non-hydrogen) atoms. The second-order valence-electron chi connectivity index (χ2n) is 3.67. The number of aromatic nitrogens is 2. The molecule has 0 radical (unpaired) electrons. The molecule has 100 valence electrons. The Balaban J connectivity index is 2.57. The number of nitrogens with two attached hydrogens (primary N) is 2. The minimum absolute atomic E-state index is 0.424. The molecule has 8 nitrogen and oxygen atoms in total. The molecule has 1 rings (SSSR count). The zero-order valence-electron chi connectivity index (χ0n) is 10.4. The third-order valence-corrected chi connectivity index (χ3v) is 2.12. The second-order valence-corrected chi connectivity index (χ2v) is 3.67. The Labute approximate surface area is 106 Å². The van der Waals surface area contributed by atoms with Crippen molar-refractivity contribution < 1.29 is 4.79 Å². The zero-order chi connectivity index (χ0) is 13.4. The van der Waals surface area contributed by atoms with Gasteiger partial charge in [-0.25, -0.2) is 20.6 Å². The van der Waals surface area contributed by atoms with Gasteiger partial charge in [-0.05, 0) is 6.42 Å². The van der Waals surface area contributed by atoms with Crippen LogP contribution in [0.2, 0.25) is 0 Å². The highest BCUT2D eigenvalue weighted by Crippen LogP contribution is 2.11. The van der Waals surface area contributed by atoms with Gasteiger partial charge in [-0.1, -0.05) is 6.92 Å². The van der Waals surface area contributed by atoms with Gasteiger partial charge in [0.25, 0.3) is 0 Å². The highest BCUT2D eigenvalue weighted by molar-refractivity contribution is 5.71. The number of nitrogen functional groups attached to an aromatic ring is 1. The molecule has 0 bridgehead atoms. The van der Waals surface area contributed by atoms with E-state index in [1.54, 1.807) is 6.07 Å². The molecule has 1 aromatic rings. The fraction of sp³-hybridized carbons (Fsp3) is 0.500. The number of urea groups is 1. The van der Waals surface area contributed by atoms with Crippen molar-refractivity contribution in [1.29, 1.82) is 0 Å². The van der Waals surface area contributed by atoms with Gasteiger partial charge in [0, 0.05) is 25.6 Å². The van der Waals surface area contributed by atoms with E-state index >= 15 is 0 Å². The minimum Gasteiger partial charge on any atom is -0.368 e. The summed E-state index contributed by atoms with van der Waals surface area (Å²) in [6.45, 7) is 3.00. The predicted molar refractivity (Wildman–Crippen MR) is 69.9 cm³/mol. The Bertz CT molecular complexity index is 396. The number of rotatable bonds is 7.